The molecule has 0 radical (unpaired) electrons. The van der Waals surface area contributed by atoms with Crippen LogP contribution in [0.3, 0.4) is 0 Å². The van der Waals surface area contributed by atoms with Gasteiger partial charge >= 0.3 is 12.1 Å². The third kappa shape index (κ3) is 4.71. The van der Waals surface area contributed by atoms with Gasteiger partial charge in [-0.15, -0.1) is 0 Å². The van der Waals surface area contributed by atoms with E-state index in [-0.39, 0.29) is 24.6 Å². The van der Waals surface area contributed by atoms with Gasteiger partial charge in [0.15, 0.2) is 12.3 Å². The first kappa shape index (κ1) is 21.5. The molecule has 152 valence electrons. The quantitative estimate of drug-likeness (QED) is 0.419. The van der Waals surface area contributed by atoms with Gasteiger partial charge in [0.2, 0.25) is 5.78 Å². The number of ketones is 1. The molecule has 0 aliphatic heterocycles. The first-order chi connectivity index (χ1) is 13.1. The minimum absolute atomic E-state index is 0.0279. The van der Waals surface area contributed by atoms with Gasteiger partial charge in [-0.25, -0.2) is 13.6 Å². The number of carbonyl (C=O) groups is 2. The molecule has 0 bridgehead atoms. The molecule has 1 aromatic heterocycles. The van der Waals surface area contributed by atoms with Crippen LogP contribution in [-0.2, 0) is 17.3 Å². The van der Waals surface area contributed by atoms with E-state index in [4.69, 9.17) is 5.73 Å². The molecule has 1 heterocycles. The number of halogens is 5. The minimum Gasteiger partial charge on any atom is -0.454 e. The number of benzene rings is 1. The summed E-state index contributed by atoms with van der Waals surface area (Å²) < 4.78 is 71.2. The standard InChI is InChI=1S/C17H16F5N3O3/c1-8(6-23)5-11-14(15(25-24-11)17(20,21)22)16(27)28-7-12(26)13-9(18)3-2-4-10(13)19/h2-4,8H,5-7,23H2,1H3,(H,24,25)/t8-/m1/s1. The minimum atomic E-state index is -4.96. The molecule has 0 spiro atoms. The third-order valence-electron chi connectivity index (χ3n) is 3.84. The Morgan fingerprint density at radius 1 is 1.21 bits per heavy atom. The van der Waals surface area contributed by atoms with Crippen LogP contribution in [0.5, 0.6) is 0 Å². The monoisotopic (exact) mass is 405 g/mol. The number of rotatable bonds is 7. The Morgan fingerprint density at radius 2 is 1.82 bits per heavy atom. The fourth-order valence-electron chi connectivity index (χ4n) is 2.42. The van der Waals surface area contributed by atoms with Gasteiger partial charge in [0.1, 0.15) is 17.2 Å². The van der Waals surface area contributed by atoms with Gasteiger partial charge in [0.05, 0.1) is 11.3 Å². The van der Waals surface area contributed by atoms with Crippen molar-refractivity contribution >= 4 is 11.8 Å². The fourth-order valence-corrected chi connectivity index (χ4v) is 2.42. The topological polar surface area (TPSA) is 98.1 Å². The second-order valence-electron chi connectivity index (χ2n) is 6.06. The van der Waals surface area contributed by atoms with Crippen molar-refractivity contribution in [1.29, 1.82) is 0 Å². The Bertz CT molecular complexity index is 859. The van der Waals surface area contributed by atoms with Crippen LogP contribution in [0.2, 0.25) is 0 Å². The van der Waals surface area contributed by atoms with Gasteiger partial charge in [-0.05, 0) is 31.0 Å². The van der Waals surface area contributed by atoms with Crippen molar-refractivity contribution in [2.75, 3.05) is 13.2 Å². The van der Waals surface area contributed by atoms with Crippen LogP contribution in [0, 0.1) is 17.6 Å². The maximum absolute atomic E-state index is 13.6. The summed E-state index contributed by atoms with van der Waals surface area (Å²) >= 11 is 0. The number of hydrogen-bond donors (Lipinski definition) is 2. The number of esters is 1. The van der Waals surface area contributed by atoms with Crippen LogP contribution in [0.4, 0.5) is 22.0 Å². The normalized spacial score (nSPS) is 12.7. The van der Waals surface area contributed by atoms with E-state index in [0.29, 0.717) is 0 Å². The smallest absolute Gasteiger partial charge is 0.436 e. The molecule has 2 rings (SSSR count). The summed E-state index contributed by atoms with van der Waals surface area (Å²) in [4.78, 5) is 24.1. The van der Waals surface area contributed by atoms with Gasteiger partial charge in [-0.3, -0.25) is 9.89 Å². The van der Waals surface area contributed by atoms with Crippen LogP contribution in [0.1, 0.15) is 39.0 Å². The maximum Gasteiger partial charge on any atom is 0.436 e. The number of ether oxygens (including phenoxy) is 1. The summed E-state index contributed by atoms with van der Waals surface area (Å²) in [6.07, 6.45) is -4.99. The molecule has 0 amide bonds. The average Bonchev–Trinajstić information content (AvgIpc) is 3.03. The number of carbonyl (C=O) groups excluding carboxylic acids is 2. The maximum atomic E-state index is 13.6. The molecule has 0 saturated heterocycles. The Hall–Kier alpha value is -2.82. The summed E-state index contributed by atoms with van der Waals surface area (Å²) in [7, 11) is 0. The molecule has 0 aliphatic carbocycles. The zero-order valence-electron chi connectivity index (χ0n) is 14.6. The lowest BCUT2D eigenvalue weighted by Gasteiger charge is -2.11. The van der Waals surface area contributed by atoms with Crippen molar-refractivity contribution < 1.29 is 36.3 Å². The number of nitrogens with zero attached hydrogens (tertiary/aromatic N) is 1. The lowest BCUT2D eigenvalue weighted by Crippen LogP contribution is -2.21. The van der Waals surface area contributed by atoms with Crippen molar-refractivity contribution in [3.05, 3.63) is 52.3 Å². The largest absolute Gasteiger partial charge is 0.454 e. The van der Waals surface area contributed by atoms with E-state index >= 15 is 0 Å². The van der Waals surface area contributed by atoms with E-state index in [2.05, 4.69) is 14.9 Å². The van der Waals surface area contributed by atoms with Crippen molar-refractivity contribution in [2.24, 2.45) is 11.7 Å². The molecule has 0 unspecified atom stereocenters. The number of H-pyrrole nitrogens is 1. The summed E-state index contributed by atoms with van der Waals surface area (Å²) in [6.45, 7) is 0.638. The molecule has 2 aromatic rings. The number of Topliss-reactive ketones (excluding diaryl/α,β-unsaturated/α-hetero) is 1. The molecule has 6 nitrogen and oxygen atoms in total. The molecule has 0 saturated carbocycles. The molecular weight excluding hydrogens is 389 g/mol. The van der Waals surface area contributed by atoms with Gasteiger partial charge in [-0.1, -0.05) is 13.0 Å². The zero-order valence-corrected chi connectivity index (χ0v) is 14.6. The first-order valence-corrected chi connectivity index (χ1v) is 8.05. The Kier molecular flexibility index (Phi) is 6.49. The zero-order chi connectivity index (χ0) is 21.1. The van der Waals surface area contributed by atoms with Crippen LogP contribution in [0.15, 0.2) is 18.2 Å². The average molecular weight is 405 g/mol. The van der Waals surface area contributed by atoms with E-state index in [1.165, 1.54) is 0 Å². The van der Waals surface area contributed by atoms with Gasteiger partial charge < -0.3 is 10.5 Å². The Morgan fingerprint density at radius 3 is 2.36 bits per heavy atom. The number of alkyl halides is 3. The molecule has 1 aromatic carbocycles. The van der Waals surface area contributed by atoms with E-state index in [1.54, 1.807) is 6.92 Å². The molecule has 1 atom stereocenters. The van der Waals surface area contributed by atoms with E-state index in [9.17, 15) is 31.5 Å². The van der Waals surface area contributed by atoms with Crippen LogP contribution >= 0.6 is 0 Å². The Balaban J connectivity index is 2.25. The van der Waals surface area contributed by atoms with Crippen molar-refractivity contribution in [3.8, 4) is 0 Å². The number of aromatic nitrogens is 2. The van der Waals surface area contributed by atoms with E-state index < -0.39 is 53.0 Å². The van der Waals surface area contributed by atoms with Gasteiger partial charge in [0, 0.05) is 0 Å². The molecule has 0 fully saturated rings. The highest BCUT2D eigenvalue weighted by Gasteiger charge is 2.41. The predicted molar refractivity (Wildman–Crippen MR) is 86.5 cm³/mol. The van der Waals surface area contributed by atoms with Crippen LogP contribution in [-0.4, -0.2) is 35.1 Å². The third-order valence-corrected chi connectivity index (χ3v) is 3.84. The summed E-state index contributed by atoms with van der Waals surface area (Å²) in [5.74, 6) is -5.37. The van der Waals surface area contributed by atoms with E-state index in [0.717, 1.165) is 18.2 Å². The predicted octanol–water partition coefficient (Wildman–Crippen LogP) is 2.88. The summed E-state index contributed by atoms with van der Waals surface area (Å²) in [6, 6.07) is 2.67. The number of hydrogen-bond acceptors (Lipinski definition) is 5. The van der Waals surface area contributed by atoms with Crippen molar-refractivity contribution in [2.45, 2.75) is 19.5 Å². The van der Waals surface area contributed by atoms with E-state index in [1.807, 2.05) is 0 Å². The SMILES string of the molecule is C[C@@H](CN)Cc1[nH]nc(C(F)(F)F)c1C(=O)OCC(=O)c1c(F)cccc1F. The summed E-state index contributed by atoms with van der Waals surface area (Å²) in [5, 5.41) is 5.25. The van der Waals surface area contributed by atoms with Crippen molar-refractivity contribution in [3.63, 3.8) is 0 Å². The second-order valence-corrected chi connectivity index (χ2v) is 6.06. The lowest BCUT2D eigenvalue weighted by atomic mass is 10.0. The molecule has 3 N–H and O–H groups in total. The lowest BCUT2D eigenvalue weighted by molar-refractivity contribution is -0.141. The van der Waals surface area contributed by atoms with Crippen molar-refractivity contribution in [1.82, 2.24) is 10.2 Å². The molecule has 28 heavy (non-hydrogen) atoms. The second kappa shape index (κ2) is 8.46. The molecular formula is C17H16F5N3O3. The number of nitrogens with one attached hydrogen (secondary N) is 1. The highest BCUT2D eigenvalue weighted by atomic mass is 19.4. The fraction of sp³-hybridized carbons (Fsp3) is 0.353. The number of nitrogens with two attached hydrogens (primary N) is 1. The van der Waals surface area contributed by atoms with Gasteiger partial charge in [-0.2, -0.15) is 18.3 Å². The Labute approximate surface area is 155 Å². The van der Waals surface area contributed by atoms with Gasteiger partial charge in [0.25, 0.3) is 0 Å². The van der Waals surface area contributed by atoms with Crippen LogP contribution < -0.4 is 5.73 Å². The first-order valence-electron chi connectivity index (χ1n) is 8.05. The summed E-state index contributed by atoms with van der Waals surface area (Å²) in [5.41, 5.74) is 1.92. The number of aromatic amines is 1. The highest BCUT2D eigenvalue weighted by molar-refractivity contribution is 6.00. The van der Waals surface area contributed by atoms with Crippen LogP contribution in [0.25, 0.3) is 0 Å². The highest BCUT2D eigenvalue weighted by Crippen LogP contribution is 2.32. The molecule has 0 aliphatic rings. The molecule has 11 heteroatoms.